The van der Waals surface area contributed by atoms with Gasteiger partial charge in [0.15, 0.2) is 17.0 Å². The molecule has 12 nitrogen and oxygen atoms in total. The van der Waals surface area contributed by atoms with Crippen LogP contribution in [0, 0.1) is 10.1 Å². The van der Waals surface area contributed by atoms with E-state index in [9.17, 15) is 20.3 Å². The Morgan fingerprint density at radius 3 is 2.86 bits per heavy atom. The summed E-state index contributed by atoms with van der Waals surface area (Å²) in [6.07, 6.45) is 2.71. The highest BCUT2D eigenvalue weighted by molar-refractivity contribution is 6.22. The van der Waals surface area contributed by atoms with Crippen molar-refractivity contribution in [3.63, 3.8) is 0 Å². The number of hydrogen-bond donors (Lipinski definition) is 3. The van der Waals surface area contributed by atoms with E-state index in [0.29, 0.717) is 17.4 Å². The Kier molecular flexibility index (Phi) is 4.95. The lowest BCUT2D eigenvalue weighted by Crippen LogP contribution is -2.41. The average Bonchev–Trinajstić information content (AvgIpc) is 3.37. The summed E-state index contributed by atoms with van der Waals surface area (Å²) >= 11 is 6.48. The van der Waals surface area contributed by atoms with Crippen LogP contribution in [0.25, 0.3) is 11.2 Å². The number of imidazole rings is 1. The van der Waals surface area contributed by atoms with Crippen LogP contribution in [0.2, 0.25) is 0 Å². The van der Waals surface area contributed by atoms with Gasteiger partial charge < -0.3 is 25.1 Å². The number of alkyl halides is 1. The zero-order valence-corrected chi connectivity index (χ0v) is 15.4. The maximum atomic E-state index is 10.4. The van der Waals surface area contributed by atoms with E-state index in [4.69, 9.17) is 16.3 Å². The van der Waals surface area contributed by atoms with Gasteiger partial charge in [-0.1, -0.05) is 24.4 Å². The van der Waals surface area contributed by atoms with Crippen molar-refractivity contribution in [2.24, 2.45) is 0 Å². The van der Waals surface area contributed by atoms with Crippen molar-refractivity contribution in [3.05, 3.63) is 22.8 Å². The molecule has 0 bridgehead atoms. The molecule has 0 spiro atoms. The molecule has 2 aromatic rings. The number of anilines is 1. The molecule has 1 saturated carbocycles. The molecule has 0 aromatic carbocycles. The predicted molar refractivity (Wildman–Crippen MR) is 94.9 cm³/mol. The lowest BCUT2D eigenvalue weighted by Gasteiger charge is -2.26. The first-order valence-corrected chi connectivity index (χ1v) is 9.23. The third kappa shape index (κ3) is 3.21. The van der Waals surface area contributed by atoms with Crippen LogP contribution in [-0.2, 0) is 14.8 Å². The lowest BCUT2D eigenvalue weighted by atomic mass is 10.1. The van der Waals surface area contributed by atoms with Crippen molar-refractivity contribution in [3.8, 4) is 0 Å². The van der Waals surface area contributed by atoms with Gasteiger partial charge in [-0.15, -0.1) is 10.1 Å². The number of nitrogens with zero attached hydrogens (tertiary/aromatic N) is 5. The van der Waals surface area contributed by atoms with Gasteiger partial charge in [-0.2, -0.15) is 0 Å². The third-order valence-electron chi connectivity index (χ3n) is 5.09. The first-order valence-electron chi connectivity index (χ1n) is 8.85. The van der Waals surface area contributed by atoms with Gasteiger partial charge in [0.25, 0.3) is 10.3 Å². The zero-order chi connectivity index (χ0) is 19.9. The Morgan fingerprint density at radius 1 is 1.39 bits per heavy atom. The summed E-state index contributed by atoms with van der Waals surface area (Å²) in [7, 11) is 0. The minimum Gasteiger partial charge on any atom is -0.387 e. The second-order valence-electron chi connectivity index (χ2n) is 6.85. The van der Waals surface area contributed by atoms with Crippen molar-refractivity contribution in [1.29, 1.82) is 0 Å². The van der Waals surface area contributed by atoms with Crippen LogP contribution in [0.15, 0.2) is 12.7 Å². The van der Waals surface area contributed by atoms with E-state index in [1.54, 1.807) is 0 Å². The van der Waals surface area contributed by atoms with E-state index in [1.807, 2.05) is 0 Å². The molecule has 0 unspecified atom stereocenters. The van der Waals surface area contributed by atoms with Gasteiger partial charge in [0.1, 0.15) is 37.6 Å². The molecule has 1 aliphatic carbocycles. The van der Waals surface area contributed by atoms with Gasteiger partial charge in [0.05, 0.1) is 0 Å². The van der Waals surface area contributed by atoms with E-state index in [-0.39, 0.29) is 5.65 Å². The maximum Gasteiger partial charge on any atom is 0.294 e. The lowest BCUT2D eigenvalue weighted by molar-refractivity contribution is -0.759. The smallest absolute Gasteiger partial charge is 0.294 e. The van der Waals surface area contributed by atoms with Gasteiger partial charge in [0, 0.05) is 6.04 Å². The van der Waals surface area contributed by atoms with Crippen molar-refractivity contribution in [2.45, 2.75) is 55.2 Å². The Balaban J connectivity index is 1.63. The average molecular weight is 415 g/mol. The predicted octanol–water partition coefficient (Wildman–Crippen LogP) is 0.359. The van der Waals surface area contributed by atoms with E-state index in [0.717, 1.165) is 25.7 Å². The second-order valence-corrected chi connectivity index (χ2v) is 7.40. The van der Waals surface area contributed by atoms with Gasteiger partial charge in [-0.05, 0) is 12.8 Å². The summed E-state index contributed by atoms with van der Waals surface area (Å²) in [6, 6.07) is 0.298. The summed E-state index contributed by atoms with van der Waals surface area (Å²) in [4.78, 5) is 27.4. The van der Waals surface area contributed by atoms with Crippen LogP contribution in [0.4, 0.5) is 5.82 Å². The van der Waals surface area contributed by atoms with E-state index in [2.05, 4.69) is 25.1 Å². The molecule has 3 N–H and O–H groups in total. The van der Waals surface area contributed by atoms with Crippen LogP contribution in [0.5, 0.6) is 0 Å². The zero-order valence-electron chi connectivity index (χ0n) is 14.6. The molecule has 3 heterocycles. The number of aliphatic hydroxyl groups is 2. The van der Waals surface area contributed by atoms with Crippen molar-refractivity contribution < 1.29 is 24.9 Å². The molecule has 4 rings (SSSR count). The third-order valence-corrected chi connectivity index (χ3v) is 5.58. The number of aromatic nitrogens is 4. The Bertz CT molecular complexity index is 876. The molecule has 2 fully saturated rings. The first kappa shape index (κ1) is 19.1. The SMILES string of the molecule is O=[N+]([O-])OC[C@H]1O[C@@](Cl)(n2cnc3c(NC4CCCC4)ncnc32)[C@H](O)[C@@H]1O. The molecule has 28 heavy (non-hydrogen) atoms. The van der Waals surface area contributed by atoms with E-state index < -0.39 is 35.2 Å². The topological polar surface area (TPSA) is 158 Å². The highest BCUT2D eigenvalue weighted by Gasteiger charge is 2.55. The van der Waals surface area contributed by atoms with Crippen molar-refractivity contribution in [2.75, 3.05) is 11.9 Å². The second kappa shape index (κ2) is 7.28. The molecular weight excluding hydrogens is 396 g/mol. The molecule has 0 amide bonds. The van der Waals surface area contributed by atoms with E-state index >= 15 is 0 Å². The maximum absolute atomic E-state index is 10.4. The largest absolute Gasteiger partial charge is 0.387 e. The number of rotatable bonds is 6. The molecule has 2 aromatic heterocycles. The van der Waals surface area contributed by atoms with Crippen LogP contribution in [0.3, 0.4) is 0 Å². The quantitative estimate of drug-likeness (QED) is 0.342. The van der Waals surface area contributed by atoms with Crippen LogP contribution in [-0.4, -0.2) is 65.8 Å². The summed E-state index contributed by atoms with van der Waals surface area (Å²) < 4.78 is 6.80. The van der Waals surface area contributed by atoms with Crippen molar-refractivity contribution >= 4 is 28.6 Å². The van der Waals surface area contributed by atoms with Crippen LogP contribution < -0.4 is 5.32 Å². The van der Waals surface area contributed by atoms with Crippen LogP contribution >= 0.6 is 11.6 Å². The van der Waals surface area contributed by atoms with Gasteiger partial charge in [0.2, 0.25) is 0 Å². The molecule has 1 aliphatic heterocycles. The first-order chi connectivity index (χ1) is 13.4. The Morgan fingerprint density at radius 2 is 2.14 bits per heavy atom. The number of fused-ring (bicyclic) bond motifs is 1. The summed E-state index contributed by atoms with van der Waals surface area (Å²) in [5.74, 6) is 0.539. The number of ether oxygens (including phenoxy) is 1. The van der Waals surface area contributed by atoms with Gasteiger partial charge in [-0.25, -0.2) is 15.0 Å². The van der Waals surface area contributed by atoms with E-state index in [1.165, 1.54) is 17.2 Å². The Hall–Kier alpha value is -2.28. The minimum absolute atomic E-state index is 0.285. The fraction of sp³-hybridized carbons (Fsp3) is 0.667. The summed E-state index contributed by atoms with van der Waals surface area (Å²) in [5, 5.41) is 31.4. The van der Waals surface area contributed by atoms with Gasteiger partial charge in [-0.3, -0.25) is 4.57 Å². The monoisotopic (exact) mass is 414 g/mol. The van der Waals surface area contributed by atoms with Crippen LogP contribution in [0.1, 0.15) is 25.7 Å². The summed E-state index contributed by atoms with van der Waals surface area (Å²) in [5.41, 5.74) is 0.720. The van der Waals surface area contributed by atoms with Crippen molar-refractivity contribution in [1.82, 2.24) is 19.5 Å². The fourth-order valence-electron chi connectivity index (χ4n) is 3.66. The molecule has 1 saturated heterocycles. The molecule has 13 heteroatoms. The minimum atomic E-state index is -1.96. The highest BCUT2D eigenvalue weighted by Crippen LogP contribution is 2.41. The highest BCUT2D eigenvalue weighted by atomic mass is 35.5. The molecule has 152 valence electrons. The molecule has 2 aliphatic rings. The number of nitrogens with one attached hydrogen (secondary N) is 1. The van der Waals surface area contributed by atoms with Gasteiger partial charge >= 0.3 is 0 Å². The number of halogens is 1. The Labute approximate surface area is 163 Å². The molecule has 0 radical (unpaired) electrons. The standard InChI is InChI=1S/C15H19ClN6O6/c16-15(12(24)11(23)9(28-15)5-27-22(25)26)21-7-19-10-13(17-6-18-14(10)21)20-8-3-1-2-4-8/h6-9,11-12,23-24H,1-5H2,(H,17,18,20)/t9-,11-,12-,15+/m1/s1. The summed E-state index contributed by atoms with van der Waals surface area (Å²) in [6.45, 7) is -0.588. The molecule has 4 atom stereocenters. The molecular formula is C15H19ClN6O6. The normalized spacial score (nSPS) is 30.8. The fourth-order valence-corrected chi connectivity index (χ4v) is 4.03. The number of hydrogen-bond acceptors (Lipinski definition) is 10. The number of aliphatic hydroxyl groups excluding tert-OH is 2.